The van der Waals surface area contributed by atoms with Gasteiger partial charge < -0.3 is 10.2 Å². The average Bonchev–Trinajstić information content (AvgIpc) is 2.50. The molecule has 0 unspecified atom stereocenters. The van der Waals surface area contributed by atoms with Crippen LogP contribution < -0.4 is 10.2 Å². The van der Waals surface area contributed by atoms with Crippen LogP contribution in [0.2, 0.25) is 10.0 Å². The summed E-state index contributed by atoms with van der Waals surface area (Å²) in [4.78, 5) is 23.1. The predicted octanol–water partition coefficient (Wildman–Crippen LogP) is 4.58. The Balaban J connectivity index is 2.21. The average molecular weight is 367 g/mol. The number of carbonyl (C=O) groups is 1. The van der Waals surface area contributed by atoms with Crippen molar-refractivity contribution < 1.29 is 4.79 Å². The van der Waals surface area contributed by atoms with Gasteiger partial charge in [0.15, 0.2) is 0 Å². The lowest BCUT2D eigenvalue weighted by molar-refractivity contribution is 0.102. The van der Waals surface area contributed by atoms with E-state index in [0.717, 1.165) is 25.2 Å². The van der Waals surface area contributed by atoms with Crippen molar-refractivity contribution in [3.05, 3.63) is 45.8 Å². The number of hydrogen-bond donors (Lipinski definition) is 1. The van der Waals surface area contributed by atoms with E-state index in [4.69, 9.17) is 23.2 Å². The van der Waals surface area contributed by atoms with Crippen LogP contribution in [0.5, 0.6) is 0 Å². The second-order valence-corrected chi connectivity index (χ2v) is 6.42. The summed E-state index contributed by atoms with van der Waals surface area (Å²) in [5.41, 5.74) is 0.826. The van der Waals surface area contributed by atoms with Crippen molar-refractivity contribution in [2.75, 3.05) is 23.8 Å². The van der Waals surface area contributed by atoms with Crippen LogP contribution in [0.3, 0.4) is 0 Å². The molecule has 0 spiro atoms. The van der Waals surface area contributed by atoms with Crippen molar-refractivity contribution in [3.8, 4) is 0 Å². The van der Waals surface area contributed by atoms with Gasteiger partial charge >= 0.3 is 0 Å². The molecule has 2 rings (SSSR count). The quantitative estimate of drug-likeness (QED) is 0.812. The molecule has 0 aliphatic carbocycles. The molecule has 2 aromatic rings. The van der Waals surface area contributed by atoms with E-state index in [0.29, 0.717) is 27.3 Å². The van der Waals surface area contributed by atoms with E-state index >= 15 is 0 Å². The largest absolute Gasteiger partial charge is 0.360 e. The lowest BCUT2D eigenvalue weighted by atomic mass is 10.2. The molecule has 7 heteroatoms. The van der Waals surface area contributed by atoms with Gasteiger partial charge in [0, 0.05) is 35.4 Å². The predicted molar refractivity (Wildman–Crippen MR) is 99.4 cm³/mol. The van der Waals surface area contributed by atoms with Crippen molar-refractivity contribution in [1.82, 2.24) is 9.97 Å². The van der Waals surface area contributed by atoms with Crippen molar-refractivity contribution >= 4 is 40.6 Å². The highest BCUT2D eigenvalue weighted by atomic mass is 35.5. The number of unbranched alkanes of at least 4 members (excludes halogenated alkanes) is 1. The summed E-state index contributed by atoms with van der Waals surface area (Å²) in [6.45, 7) is 4.77. The van der Waals surface area contributed by atoms with Crippen molar-refractivity contribution in [2.24, 2.45) is 0 Å². The Hall–Kier alpha value is -1.85. The number of nitrogens with one attached hydrogen (secondary N) is 1. The van der Waals surface area contributed by atoms with E-state index in [2.05, 4.69) is 22.2 Å². The molecule has 24 heavy (non-hydrogen) atoms. The van der Waals surface area contributed by atoms with Crippen LogP contribution in [0.25, 0.3) is 0 Å². The van der Waals surface area contributed by atoms with Crippen molar-refractivity contribution in [2.45, 2.75) is 26.7 Å². The van der Waals surface area contributed by atoms with Gasteiger partial charge in [-0.3, -0.25) is 4.79 Å². The smallest absolute Gasteiger partial charge is 0.274 e. The van der Waals surface area contributed by atoms with Crippen LogP contribution in [0.4, 0.5) is 11.5 Å². The molecule has 0 saturated carbocycles. The number of anilines is 2. The number of carbonyl (C=O) groups excluding carboxylic acids is 1. The molecule has 0 atom stereocenters. The SMILES string of the molecule is CCCCN(C)c1cc(C(=O)Nc2cc(Cl)cc(Cl)c2)nc(C)n1. The van der Waals surface area contributed by atoms with Gasteiger partial charge in [0.1, 0.15) is 17.3 Å². The number of rotatable bonds is 6. The van der Waals surface area contributed by atoms with Crippen molar-refractivity contribution in [1.29, 1.82) is 0 Å². The van der Waals surface area contributed by atoms with Gasteiger partial charge in [-0.15, -0.1) is 0 Å². The maximum Gasteiger partial charge on any atom is 0.274 e. The summed E-state index contributed by atoms with van der Waals surface area (Å²) >= 11 is 11.9. The van der Waals surface area contributed by atoms with Crippen LogP contribution in [0.1, 0.15) is 36.1 Å². The van der Waals surface area contributed by atoms with Gasteiger partial charge in [-0.05, 0) is 31.5 Å². The second-order valence-electron chi connectivity index (χ2n) is 5.55. The normalized spacial score (nSPS) is 10.5. The Labute approximate surface area is 152 Å². The maximum absolute atomic E-state index is 12.5. The fourth-order valence-corrected chi connectivity index (χ4v) is 2.72. The van der Waals surface area contributed by atoms with E-state index in [1.807, 2.05) is 11.9 Å². The summed E-state index contributed by atoms with van der Waals surface area (Å²) in [7, 11) is 1.95. The number of hydrogen-bond acceptors (Lipinski definition) is 4. The van der Waals surface area contributed by atoms with Crippen LogP contribution in [0, 0.1) is 6.92 Å². The molecule has 1 amide bonds. The minimum Gasteiger partial charge on any atom is -0.360 e. The number of benzene rings is 1. The topological polar surface area (TPSA) is 58.1 Å². The first-order valence-corrected chi connectivity index (χ1v) is 8.49. The molecule has 0 bridgehead atoms. The lowest BCUT2D eigenvalue weighted by Crippen LogP contribution is -2.22. The highest BCUT2D eigenvalue weighted by Crippen LogP contribution is 2.23. The Morgan fingerprint density at radius 1 is 1.17 bits per heavy atom. The molecule has 5 nitrogen and oxygen atoms in total. The molecule has 0 radical (unpaired) electrons. The Bertz CT molecular complexity index is 716. The fourth-order valence-electron chi connectivity index (χ4n) is 2.19. The third-order valence-electron chi connectivity index (χ3n) is 3.42. The van der Waals surface area contributed by atoms with E-state index in [1.165, 1.54) is 0 Å². The van der Waals surface area contributed by atoms with Crippen LogP contribution >= 0.6 is 23.2 Å². The Kier molecular flexibility index (Phi) is 6.40. The number of aryl methyl sites for hydroxylation is 1. The van der Waals surface area contributed by atoms with Gasteiger partial charge in [-0.25, -0.2) is 9.97 Å². The molecule has 0 fully saturated rings. The standard InChI is InChI=1S/C17H20Cl2N4O/c1-4-5-6-23(3)16-10-15(20-11(2)21-16)17(24)22-14-8-12(18)7-13(19)9-14/h7-10H,4-6H2,1-3H3,(H,22,24). The molecule has 1 N–H and O–H groups in total. The minimum atomic E-state index is -0.330. The van der Waals surface area contributed by atoms with Gasteiger partial charge in [0.2, 0.25) is 0 Å². The zero-order valence-electron chi connectivity index (χ0n) is 13.9. The van der Waals surface area contributed by atoms with Gasteiger partial charge in [-0.1, -0.05) is 36.5 Å². The number of nitrogens with zero attached hydrogens (tertiary/aromatic N) is 3. The fraction of sp³-hybridized carbons (Fsp3) is 0.353. The molecule has 0 aliphatic heterocycles. The van der Waals surface area contributed by atoms with Gasteiger partial charge in [0.05, 0.1) is 0 Å². The van der Waals surface area contributed by atoms with Crippen LogP contribution in [0.15, 0.2) is 24.3 Å². The molecule has 0 saturated heterocycles. The summed E-state index contributed by atoms with van der Waals surface area (Å²) in [5.74, 6) is 0.944. The molecule has 0 aliphatic rings. The summed E-state index contributed by atoms with van der Waals surface area (Å²) in [5, 5.41) is 3.67. The number of aromatic nitrogens is 2. The van der Waals surface area contributed by atoms with Crippen LogP contribution in [-0.2, 0) is 0 Å². The monoisotopic (exact) mass is 366 g/mol. The molecule has 1 heterocycles. The molecular weight excluding hydrogens is 347 g/mol. The Morgan fingerprint density at radius 2 is 1.83 bits per heavy atom. The summed E-state index contributed by atoms with van der Waals surface area (Å²) in [6, 6.07) is 6.56. The highest BCUT2D eigenvalue weighted by molar-refractivity contribution is 6.35. The van der Waals surface area contributed by atoms with Gasteiger partial charge in [-0.2, -0.15) is 0 Å². The first-order chi connectivity index (χ1) is 11.4. The first kappa shape index (κ1) is 18.5. The van der Waals surface area contributed by atoms with E-state index in [1.54, 1.807) is 31.2 Å². The summed E-state index contributed by atoms with van der Waals surface area (Å²) in [6.07, 6.45) is 2.15. The van der Waals surface area contributed by atoms with E-state index < -0.39 is 0 Å². The minimum absolute atomic E-state index is 0.303. The number of amides is 1. The second kappa shape index (κ2) is 8.31. The van der Waals surface area contributed by atoms with E-state index in [-0.39, 0.29) is 5.91 Å². The molecule has 128 valence electrons. The van der Waals surface area contributed by atoms with Gasteiger partial charge in [0.25, 0.3) is 5.91 Å². The zero-order valence-corrected chi connectivity index (χ0v) is 15.4. The van der Waals surface area contributed by atoms with Crippen molar-refractivity contribution in [3.63, 3.8) is 0 Å². The first-order valence-electron chi connectivity index (χ1n) is 7.73. The summed E-state index contributed by atoms with van der Waals surface area (Å²) < 4.78 is 0. The number of halogens is 2. The molecular formula is C17H20Cl2N4O. The highest BCUT2D eigenvalue weighted by Gasteiger charge is 2.13. The third kappa shape index (κ3) is 5.08. The zero-order chi connectivity index (χ0) is 17.7. The maximum atomic E-state index is 12.5. The third-order valence-corrected chi connectivity index (χ3v) is 3.85. The Morgan fingerprint density at radius 3 is 2.46 bits per heavy atom. The van der Waals surface area contributed by atoms with E-state index in [9.17, 15) is 4.79 Å². The molecule has 1 aromatic heterocycles. The van der Waals surface area contributed by atoms with Crippen LogP contribution in [-0.4, -0.2) is 29.5 Å². The lowest BCUT2D eigenvalue weighted by Gasteiger charge is -2.18. The molecule has 1 aromatic carbocycles.